The molecule has 0 saturated heterocycles. The Bertz CT molecular complexity index is 2190. The molecule has 0 atom stereocenters. The van der Waals surface area contributed by atoms with Crippen molar-refractivity contribution in [2.45, 2.75) is 0 Å². The summed E-state index contributed by atoms with van der Waals surface area (Å²) < 4.78 is 0. The molecule has 0 aliphatic heterocycles. The van der Waals surface area contributed by atoms with Crippen LogP contribution in [-0.2, 0) is 0 Å². The van der Waals surface area contributed by atoms with E-state index in [9.17, 15) is 0 Å². The van der Waals surface area contributed by atoms with Crippen LogP contribution in [0.15, 0.2) is 212 Å². The van der Waals surface area contributed by atoms with Crippen molar-refractivity contribution < 1.29 is 0 Å². The largest absolute Gasteiger partial charge is 0.310 e. The monoisotopic (exact) mass is 625 g/mol. The fourth-order valence-corrected chi connectivity index (χ4v) is 6.59. The van der Waals surface area contributed by atoms with Crippen LogP contribution in [0.1, 0.15) is 0 Å². The second-order valence-electron chi connectivity index (χ2n) is 12.2. The van der Waals surface area contributed by atoms with E-state index < -0.39 is 0 Å². The molecule has 0 fully saturated rings. The van der Waals surface area contributed by atoms with E-state index in [1.165, 1.54) is 55.6 Å². The average molecular weight is 626 g/mol. The molecule has 0 aromatic heterocycles. The molecule has 0 aliphatic carbocycles. The Morgan fingerprint density at radius 2 is 0.571 bits per heavy atom. The maximum Gasteiger partial charge on any atom is 0.0468 e. The van der Waals surface area contributed by atoms with E-state index in [1.54, 1.807) is 0 Å². The van der Waals surface area contributed by atoms with Crippen LogP contribution in [0.4, 0.5) is 17.1 Å². The minimum atomic E-state index is 1.10. The Balaban J connectivity index is 1.26. The maximum atomic E-state index is 2.36. The smallest absolute Gasteiger partial charge is 0.0468 e. The van der Waals surface area contributed by atoms with Gasteiger partial charge >= 0.3 is 0 Å². The van der Waals surface area contributed by atoms with Gasteiger partial charge in [0.05, 0.1) is 0 Å². The summed E-state index contributed by atoms with van der Waals surface area (Å²) in [6, 6.07) is 76.0. The summed E-state index contributed by atoms with van der Waals surface area (Å²) in [6.45, 7) is 0. The highest BCUT2D eigenvalue weighted by molar-refractivity contribution is 5.90. The van der Waals surface area contributed by atoms with E-state index in [0.29, 0.717) is 0 Å². The molecule has 0 bridgehead atoms. The van der Waals surface area contributed by atoms with Crippen LogP contribution in [0.2, 0.25) is 0 Å². The minimum Gasteiger partial charge on any atom is -0.310 e. The van der Waals surface area contributed by atoms with E-state index >= 15 is 0 Å². The third kappa shape index (κ3) is 6.43. The molecule has 8 rings (SSSR count). The highest BCUT2D eigenvalue weighted by atomic mass is 15.1. The van der Waals surface area contributed by atoms with Gasteiger partial charge in [0, 0.05) is 17.1 Å². The van der Waals surface area contributed by atoms with Gasteiger partial charge in [0.15, 0.2) is 0 Å². The van der Waals surface area contributed by atoms with E-state index in [4.69, 9.17) is 0 Å². The molecule has 0 spiro atoms. The number of hydrogen-bond acceptors (Lipinski definition) is 1. The van der Waals surface area contributed by atoms with Crippen LogP contribution in [0.5, 0.6) is 0 Å². The van der Waals surface area contributed by atoms with Gasteiger partial charge < -0.3 is 4.90 Å². The maximum absolute atomic E-state index is 2.36. The zero-order valence-corrected chi connectivity index (χ0v) is 27.2. The summed E-state index contributed by atoms with van der Waals surface area (Å²) in [5.74, 6) is 0. The van der Waals surface area contributed by atoms with Crippen molar-refractivity contribution >= 4 is 17.1 Å². The first-order valence-electron chi connectivity index (χ1n) is 16.8. The lowest BCUT2D eigenvalue weighted by molar-refractivity contribution is 1.28. The van der Waals surface area contributed by atoms with Crippen molar-refractivity contribution in [3.63, 3.8) is 0 Å². The topological polar surface area (TPSA) is 3.24 Å². The summed E-state index contributed by atoms with van der Waals surface area (Å²) in [5.41, 5.74) is 15.3. The van der Waals surface area contributed by atoms with Gasteiger partial charge in [-0.3, -0.25) is 0 Å². The third-order valence-corrected chi connectivity index (χ3v) is 9.09. The van der Waals surface area contributed by atoms with Gasteiger partial charge in [-0.25, -0.2) is 0 Å². The van der Waals surface area contributed by atoms with Gasteiger partial charge in [0.2, 0.25) is 0 Å². The van der Waals surface area contributed by atoms with Crippen molar-refractivity contribution in [2.24, 2.45) is 0 Å². The third-order valence-electron chi connectivity index (χ3n) is 9.09. The highest BCUT2D eigenvalue weighted by Crippen LogP contribution is 2.42. The summed E-state index contributed by atoms with van der Waals surface area (Å²) >= 11 is 0. The Morgan fingerprint density at radius 3 is 1.06 bits per heavy atom. The molecule has 0 saturated carbocycles. The van der Waals surface area contributed by atoms with Crippen molar-refractivity contribution in [1.82, 2.24) is 0 Å². The van der Waals surface area contributed by atoms with Crippen molar-refractivity contribution in [3.05, 3.63) is 212 Å². The second kappa shape index (κ2) is 13.7. The lowest BCUT2D eigenvalue weighted by Gasteiger charge is -2.27. The molecule has 49 heavy (non-hydrogen) atoms. The molecule has 0 heterocycles. The summed E-state index contributed by atoms with van der Waals surface area (Å²) in [7, 11) is 0. The summed E-state index contributed by atoms with van der Waals surface area (Å²) in [5, 5.41) is 0. The van der Waals surface area contributed by atoms with Crippen molar-refractivity contribution in [1.29, 1.82) is 0 Å². The van der Waals surface area contributed by atoms with Gasteiger partial charge in [-0.15, -0.1) is 0 Å². The van der Waals surface area contributed by atoms with E-state index in [2.05, 4.69) is 217 Å². The number of hydrogen-bond donors (Lipinski definition) is 0. The predicted molar refractivity (Wildman–Crippen MR) is 208 cm³/mol. The molecule has 8 aromatic rings. The quantitative estimate of drug-likeness (QED) is 0.162. The van der Waals surface area contributed by atoms with E-state index in [-0.39, 0.29) is 0 Å². The lowest BCUT2D eigenvalue weighted by Crippen LogP contribution is -2.10. The van der Waals surface area contributed by atoms with E-state index in [1.807, 2.05) is 0 Å². The Morgan fingerprint density at radius 1 is 0.204 bits per heavy atom. The van der Waals surface area contributed by atoms with E-state index in [0.717, 1.165) is 17.1 Å². The summed E-state index contributed by atoms with van der Waals surface area (Å²) in [4.78, 5) is 2.36. The Hall–Kier alpha value is -6.44. The molecule has 0 aliphatic rings. The zero-order valence-electron chi connectivity index (χ0n) is 27.2. The van der Waals surface area contributed by atoms with Crippen LogP contribution < -0.4 is 4.90 Å². The SMILES string of the molecule is c1ccc(-c2ccc(N(c3ccc(-c4ccccc4)cc3)c3ccc(-c4cccc(-c5ccccc5)c4)c(-c4ccccc4)c3)cc2)cc1. The standard InChI is InChI=1S/C48H35N/c1-5-14-36(15-6-1)39-24-28-44(29-25-39)49(45-30-26-40(27-31-45)37-16-7-2-8-17-37)46-32-33-47(48(35-46)41-20-11-4-12-21-41)43-23-13-22-42(34-43)38-18-9-3-10-19-38/h1-35H. The van der Waals surface area contributed by atoms with Gasteiger partial charge in [-0.2, -0.15) is 0 Å². The van der Waals surface area contributed by atoms with Crippen molar-refractivity contribution in [3.8, 4) is 55.6 Å². The minimum absolute atomic E-state index is 1.10. The molecule has 1 heteroatoms. The summed E-state index contributed by atoms with van der Waals surface area (Å²) in [6.07, 6.45) is 0. The first kappa shape index (κ1) is 29.9. The normalized spacial score (nSPS) is 10.9. The van der Waals surface area contributed by atoms with Crippen LogP contribution >= 0.6 is 0 Å². The molecule has 232 valence electrons. The number of anilines is 3. The number of nitrogens with zero attached hydrogens (tertiary/aromatic N) is 1. The van der Waals surface area contributed by atoms with Crippen LogP contribution in [-0.4, -0.2) is 0 Å². The molecule has 8 aromatic carbocycles. The first-order valence-corrected chi connectivity index (χ1v) is 16.8. The Labute approximate surface area is 289 Å². The van der Waals surface area contributed by atoms with Crippen LogP contribution in [0, 0.1) is 0 Å². The molecule has 0 N–H and O–H groups in total. The Kier molecular flexibility index (Phi) is 8.39. The molecule has 0 unspecified atom stereocenters. The fraction of sp³-hybridized carbons (Fsp3) is 0. The predicted octanol–water partition coefficient (Wildman–Crippen LogP) is 13.5. The molecule has 0 radical (unpaired) electrons. The van der Waals surface area contributed by atoms with Crippen LogP contribution in [0.25, 0.3) is 55.6 Å². The van der Waals surface area contributed by atoms with Gasteiger partial charge in [-0.1, -0.05) is 170 Å². The number of rotatable bonds is 8. The first-order chi connectivity index (χ1) is 24.3. The van der Waals surface area contributed by atoms with Crippen molar-refractivity contribution in [2.75, 3.05) is 4.90 Å². The highest BCUT2D eigenvalue weighted by Gasteiger charge is 2.17. The molecule has 1 nitrogen and oxygen atoms in total. The van der Waals surface area contributed by atoms with Gasteiger partial charge in [-0.05, 0) is 98.1 Å². The number of benzene rings is 8. The van der Waals surface area contributed by atoms with Gasteiger partial charge in [0.25, 0.3) is 0 Å². The van der Waals surface area contributed by atoms with Crippen LogP contribution in [0.3, 0.4) is 0 Å². The molecule has 0 amide bonds. The molecular weight excluding hydrogens is 591 g/mol. The van der Waals surface area contributed by atoms with Gasteiger partial charge in [0.1, 0.15) is 0 Å². The average Bonchev–Trinajstić information content (AvgIpc) is 3.20. The molecular formula is C48H35N. The second-order valence-corrected chi connectivity index (χ2v) is 12.2. The zero-order chi connectivity index (χ0) is 32.8. The lowest BCUT2D eigenvalue weighted by atomic mass is 9.92. The fourth-order valence-electron chi connectivity index (χ4n) is 6.59.